The van der Waals surface area contributed by atoms with Crippen molar-refractivity contribution in [3.05, 3.63) is 34.5 Å². The highest BCUT2D eigenvalue weighted by molar-refractivity contribution is 7.07. The zero-order chi connectivity index (χ0) is 15.6. The van der Waals surface area contributed by atoms with Gasteiger partial charge >= 0.3 is 0 Å². The van der Waals surface area contributed by atoms with Gasteiger partial charge in [-0.25, -0.2) is 0 Å². The molecule has 0 radical (unpaired) electrons. The van der Waals surface area contributed by atoms with E-state index in [-0.39, 0.29) is 12.0 Å². The average molecular weight is 332 g/mol. The van der Waals surface area contributed by atoms with E-state index in [0.29, 0.717) is 11.8 Å². The van der Waals surface area contributed by atoms with Gasteiger partial charge in [0.1, 0.15) is 0 Å². The number of likely N-dealkylation sites (tertiary alicyclic amines) is 1. The molecule has 1 amide bonds. The van der Waals surface area contributed by atoms with Crippen LogP contribution >= 0.6 is 11.3 Å². The Hall–Kier alpha value is -1.17. The standard InChI is InChI=1S/C18H24N2O2S/c21-18(15-3-1-2-4-15)20-11-16-10-19(6-7-22-17(16)12-20)9-14-5-8-23-13-14/h1-2,5,8,13,15-17H,3-4,6-7,9-12H2/t16-,17+/m0/s1. The molecular formula is C18H24N2O2S. The predicted molar refractivity (Wildman–Crippen MR) is 91.3 cm³/mol. The van der Waals surface area contributed by atoms with Crippen LogP contribution in [-0.4, -0.2) is 54.6 Å². The minimum absolute atomic E-state index is 0.180. The maximum absolute atomic E-state index is 12.6. The first kappa shape index (κ1) is 15.4. The van der Waals surface area contributed by atoms with E-state index >= 15 is 0 Å². The number of carbonyl (C=O) groups excluding carboxylic acids is 1. The van der Waals surface area contributed by atoms with Crippen molar-refractivity contribution >= 4 is 17.2 Å². The van der Waals surface area contributed by atoms with Crippen LogP contribution in [0.2, 0.25) is 0 Å². The Kier molecular flexibility index (Phi) is 4.51. The van der Waals surface area contributed by atoms with Gasteiger partial charge in [-0.15, -0.1) is 0 Å². The van der Waals surface area contributed by atoms with Gasteiger partial charge in [-0.05, 0) is 35.2 Å². The molecule has 23 heavy (non-hydrogen) atoms. The smallest absolute Gasteiger partial charge is 0.226 e. The molecule has 3 heterocycles. The molecule has 0 N–H and O–H groups in total. The quantitative estimate of drug-likeness (QED) is 0.797. The van der Waals surface area contributed by atoms with Gasteiger partial charge in [0.25, 0.3) is 0 Å². The largest absolute Gasteiger partial charge is 0.375 e. The third-order valence-electron chi connectivity index (χ3n) is 5.27. The van der Waals surface area contributed by atoms with Gasteiger partial charge in [0.05, 0.1) is 12.7 Å². The van der Waals surface area contributed by atoms with Crippen LogP contribution in [0.5, 0.6) is 0 Å². The minimum Gasteiger partial charge on any atom is -0.375 e. The second-order valence-electron chi connectivity index (χ2n) is 6.92. The molecule has 0 unspecified atom stereocenters. The average Bonchev–Trinajstić information content (AvgIpc) is 3.28. The SMILES string of the molecule is O=C(C1CC=CC1)N1C[C@@H]2CN(Cc3ccsc3)CCO[C@@H]2C1. The van der Waals surface area contributed by atoms with E-state index in [1.54, 1.807) is 11.3 Å². The summed E-state index contributed by atoms with van der Waals surface area (Å²) in [7, 11) is 0. The Labute approximate surface area is 141 Å². The molecule has 2 fully saturated rings. The molecule has 3 aliphatic rings. The van der Waals surface area contributed by atoms with Crippen molar-refractivity contribution in [1.29, 1.82) is 0 Å². The molecule has 4 rings (SSSR count). The summed E-state index contributed by atoms with van der Waals surface area (Å²) in [6.45, 7) is 5.44. The summed E-state index contributed by atoms with van der Waals surface area (Å²) in [6.07, 6.45) is 6.32. The highest BCUT2D eigenvalue weighted by atomic mass is 32.1. The number of hydrogen-bond donors (Lipinski definition) is 0. The van der Waals surface area contributed by atoms with Crippen LogP contribution in [0.1, 0.15) is 18.4 Å². The Morgan fingerprint density at radius 2 is 2.13 bits per heavy atom. The van der Waals surface area contributed by atoms with Gasteiger partial charge in [0.2, 0.25) is 5.91 Å². The molecule has 2 atom stereocenters. The Morgan fingerprint density at radius 1 is 1.26 bits per heavy atom. The Morgan fingerprint density at radius 3 is 2.91 bits per heavy atom. The second-order valence-corrected chi connectivity index (χ2v) is 7.70. The van der Waals surface area contributed by atoms with Crippen molar-refractivity contribution in [2.45, 2.75) is 25.5 Å². The highest BCUT2D eigenvalue weighted by Crippen LogP contribution is 2.28. The summed E-state index contributed by atoms with van der Waals surface area (Å²) < 4.78 is 6.07. The molecule has 0 saturated carbocycles. The number of fused-ring (bicyclic) bond motifs is 1. The molecule has 4 nitrogen and oxygen atoms in total. The van der Waals surface area contributed by atoms with E-state index in [1.165, 1.54) is 5.56 Å². The van der Waals surface area contributed by atoms with Gasteiger partial charge in [0.15, 0.2) is 0 Å². The highest BCUT2D eigenvalue weighted by Gasteiger charge is 2.40. The molecule has 1 aliphatic carbocycles. The van der Waals surface area contributed by atoms with Gasteiger partial charge in [0, 0.05) is 44.6 Å². The van der Waals surface area contributed by atoms with E-state index in [9.17, 15) is 4.79 Å². The summed E-state index contributed by atoms with van der Waals surface area (Å²) in [5.74, 6) is 0.963. The van der Waals surface area contributed by atoms with E-state index < -0.39 is 0 Å². The first-order valence-corrected chi connectivity index (χ1v) is 9.52. The van der Waals surface area contributed by atoms with Gasteiger partial charge < -0.3 is 9.64 Å². The number of nitrogens with zero attached hydrogens (tertiary/aromatic N) is 2. The van der Waals surface area contributed by atoms with Gasteiger partial charge in [-0.1, -0.05) is 12.2 Å². The number of carbonyl (C=O) groups is 1. The molecule has 2 saturated heterocycles. The lowest BCUT2D eigenvalue weighted by molar-refractivity contribution is -0.134. The van der Waals surface area contributed by atoms with Crippen molar-refractivity contribution in [3.8, 4) is 0 Å². The van der Waals surface area contributed by atoms with Crippen LogP contribution in [0.25, 0.3) is 0 Å². The number of thiophene rings is 1. The van der Waals surface area contributed by atoms with Crippen LogP contribution < -0.4 is 0 Å². The summed E-state index contributed by atoms with van der Waals surface area (Å²) in [5.41, 5.74) is 1.39. The van der Waals surface area contributed by atoms with Crippen molar-refractivity contribution < 1.29 is 9.53 Å². The van der Waals surface area contributed by atoms with Crippen molar-refractivity contribution in [2.75, 3.05) is 32.8 Å². The molecule has 124 valence electrons. The normalized spacial score (nSPS) is 29.0. The number of hydrogen-bond acceptors (Lipinski definition) is 4. The van der Waals surface area contributed by atoms with Gasteiger partial charge in [-0.2, -0.15) is 11.3 Å². The van der Waals surface area contributed by atoms with Crippen molar-refractivity contribution in [2.24, 2.45) is 11.8 Å². The van der Waals surface area contributed by atoms with E-state index in [4.69, 9.17) is 4.74 Å². The van der Waals surface area contributed by atoms with Crippen LogP contribution in [-0.2, 0) is 16.1 Å². The molecule has 1 aromatic rings. The first-order chi connectivity index (χ1) is 11.3. The lowest BCUT2D eigenvalue weighted by Crippen LogP contribution is -2.36. The summed E-state index contributed by atoms with van der Waals surface area (Å²) in [4.78, 5) is 17.2. The molecule has 5 heteroatoms. The summed E-state index contributed by atoms with van der Waals surface area (Å²) in [6, 6.07) is 2.20. The number of amides is 1. The molecule has 1 aromatic heterocycles. The van der Waals surface area contributed by atoms with E-state index in [0.717, 1.165) is 52.2 Å². The molecule has 0 bridgehead atoms. The van der Waals surface area contributed by atoms with Crippen LogP contribution in [0.4, 0.5) is 0 Å². The zero-order valence-corrected chi connectivity index (χ0v) is 14.2. The van der Waals surface area contributed by atoms with E-state index in [1.807, 2.05) is 0 Å². The van der Waals surface area contributed by atoms with Gasteiger partial charge in [-0.3, -0.25) is 9.69 Å². The Balaban J connectivity index is 1.37. The maximum Gasteiger partial charge on any atom is 0.226 e. The fraction of sp³-hybridized carbons (Fsp3) is 0.611. The third kappa shape index (κ3) is 3.37. The van der Waals surface area contributed by atoms with Crippen LogP contribution in [0.15, 0.2) is 29.0 Å². The predicted octanol–water partition coefficient (Wildman–Crippen LogP) is 2.37. The van der Waals surface area contributed by atoms with Crippen LogP contribution in [0, 0.1) is 11.8 Å². The minimum atomic E-state index is 0.180. The lowest BCUT2D eigenvalue weighted by atomic mass is 10.1. The van der Waals surface area contributed by atoms with Crippen LogP contribution in [0.3, 0.4) is 0 Å². The number of rotatable bonds is 3. The molecule has 2 aliphatic heterocycles. The van der Waals surface area contributed by atoms with Crippen molar-refractivity contribution in [3.63, 3.8) is 0 Å². The zero-order valence-electron chi connectivity index (χ0n) is 13.4. The first-order valence-electron chi connectivity index (χ1n) is 8.58. The molecular weight excluding hydrogens is 308 g/mol. The summed E-state index contributed by atoms with van der Waals surface area (Å²) in [5, 5.41) is 4.36. The fourth-order valence-corrected chi connectivity index (χ4v) is 4.66. The summed E-state index contributed by atoms with van der Waals surface area (Å²) >= 11 is 1.75. The molecule has 0 spiro atoms. The number of allylic oxidation sites excluding steroid dienone is 2. The number of ether oxygens (including phenoxy) is 1. The maximum atomic E-state index is 12.6. The Bertz CT molecular complexity index is 564. The van der Waals surface area contributed by atoms with E-state index in [2.05, 4.69) is 38.8 Å². The molecule has 0 aromatic carbocycles. The topological polar surface area (TPSA) is 32.8 Å². The fourth-order valence-electron chi connectivity index (χ4n) is 4.00. The second kappa shape index (κ2) is 6.75. The monoisotopic (exact) mass is 332 g/mol. The lowest BCUT2D eigenvalue weighted by Gasteiger charge is -2.24. The third-order valence-corrected chi connectivity index (χ3v) is 6.00. The van der Waals surface area contributed by atoms with Crippen molar-refractivity contribution in [1.82, 2.24) is 9.80 Å².